The Morgan fingerprint density at radius 2 is 1.95 bits per heavy atom. The number of rotatable bonds is 3. The highest BCUT2D eigenvalue weighted by atomic mass is 35.5. The van der Waals surface area contributed by atoms with E-state index in [2.05, 4.69) is 5.16 Å². The fourth-order valence-electron chi connectivity index (χ4n) is 1.27. The summed E-state index contributed by atoms with van der Waals surface area (Å²) < 4.78 is 0.645. The summed E-state index contributed by atoms with van der Waals surface area (Å²) in [5, 5.41) is 4.46. The Balaban J connectivity index is 2.06. The van der Waals surface area contributed by atoms with Crippen LogP contribution in [0.4, 0.5) is 0 Å². The molecular formula is C12H5Cl4NO2S. The average Bonchev–Trinajstić information content (AvgIpc) is 2.71. The topological polar surface area (TPSA) is 38.7 Å². The highest BCUT2D eigenvalue weighted by Crippen LogP contribution is 2.31. The molecule has 8 heteroatoms. The van der Waals surface area contributed by atoms with E-state index in [-0.39, 0.29) is 9.90 Å². The van der Waals surface area contributed by atoms with Crippen LogP contribution in [0, 0.1) is 0 Å². The molecule has 0 spiro atoms. The van der Waals surface area contributed by atoms with Gasteiger partial charge in [0.25, 0.3) is 0 Å². The van der Waals surface area contributed by atoms with Crippen molar-refractivity contribution in [3.8, 4) is 0 Å². The van der Waals surface area contributed by atoms with Crippen molar-refractivity contribution in [1.29, 1.82) is 0 Å². The number of carbonyl (C=O) groups is 1. The summed E-state index contributed by atoms with van der Waals surface area (Å²) in [6.45, 7) is 0. The zero-order chi connectivity index (χ0) is 14.7. The van der Waals surface area contributed by atoms with E-state index in [1.54, 1.807) is 18.2 Å². The molecule has 2 rings (SSSR count). The standard InChI is InChI=1S/C12H5Cl4NO2S/c13-7-2-1-6(9(14)3-7)5-17-19-12(18)8-4-10(15)20-11(8)16/h1-5H. The predicted octanol–water partition coefficient (Wildman–Crippen LogP) is 5.55. The molecule has 0 saturated carbocycles. The van der Waals surface area contributed by atoms with E-state index in [0.29, 0.717) is 19.9 Å². The number of hydrogen-bond donors (Lipinski definition) is 0. The van der Waals surface area contributed by atoms with Crippen LogP contribution in [0.1, 0.15) is 15.9 Å². The smallest absolute Gasteiger partial charge is 0.313 e. The lowest BCUT2D eigenvalue weighted by Crippen LogP contribution is -2.00. The second-order valence-electron chi connectivity index (χ2n) is 3.52. The van der Waals surface area contributed by atoms with Gasteiger partial charge in [-0.15, -0.1) is 11.3 Å². The highest BCUT2D eigenvalue weighted by molar-refractivity contribution is 7.20. The minimum Gasteiger partial charge on any atom is -0.313 e. The molecule has 0 amide bonds. The molecule has 20 heavy (non-hydrogen) atoms. The van der Waals surface area contributed by atoms with Crippen molar-refractivity contribution >= 4 is 69.9 Å². The Bertz CT molecular complexity index is 684. The Morgan fingerprint density at radius 3 is 2.55 bits per heavy atom. The number of benzene rings is 1. The number of carbonyl (C=O) groups excluding carboxylic acids is 1. The quantitative estimate of drug-likeness (QED) is 0.404. The molecule has 0 bridgehead atoms. The third kappa shape index (κ3) is 3.87. The second kappa shape index (κ2) is 6.78. The Morgan fingerprint density at radius 1 is 1.20 bits per heavy atom. The van der Waals surface area contributed by atoms with Gasteiger partial charge in [0.15, 0.2) is 0 Å². The predicted molar refractivity (Wildman–Crippen MR) is 83.8 cm³/mol. The van der Waals surface area contributed by atoms with Crippen LogP contribution in [0.25, 0.3) is 0 Å². The summed E-state index contributed by atoms with van der Waals surface area (Å²) in [4.78, 5) is 16.4. The van der Waals surface area contributed by atoms with Crippen LogP contribution < -0.4 is 0 Å². The van der Waals surface area contributed by atoms with Crippen LogP contribution in [-0.4, -0.2) is 12.2 Å². The first-order valence-electron chi connectivity index (χ1n) is 5.12. The van der Waals surface area contributed by atoms with Crippen molar-refractivity contribution in [2.75, 3.05) is 0 Å². The zero-order valence-corrected chi connectivity index (χ0v) is 13.4. The zero-order valence-electron chi connectivity index (χ0n) is 9.57. The van der Waals surface area contributed by atoms with Gasteiger partial charge in [-0.1, -0.05) is 57.6 Å². The largest absolute Gasteiger partial charge is 0.368 e. The molecule has 3 nitrogen and oxygen atoms in total. The first-order valence-corrected chi connectivity index (χ1v) is 7.45. The molecule has 104 valence electrons. The molecule has 1 aromatic carbocycles. The van der Waals surface area contributed by atoms with Gasteiger partial charge in [-0.2, -0.15) is 0 Å². The third-order valence-corrected chi connectivity index (χ3v) is 4.22. The molecule has 0 unspecified atom stereocenters. The molecule has 2 aromatic rings. The molecule has 0 N–H and O–H groups in total. The van der Waals surface area contributed by atoms with E-state index >= 15 is 0 Å². The lowest BCUT2D eigenvalue weighted by atomic mass is 10.2. The van der Waals surface area contributed by atoms with Crippen molar-refractivity contribution in [3.05, 3.63) is 54.1 Å². The van der Waals surface area contributed by atoms with Crippen LogP contribution in [0.15, 0.2) is 29.4 Å². The summed E-state index contributed by atoms with van der Waals surface area (Å²) >= 11 is 24.3. The summed E-state index contributed by atoms with van der Waals surface area (Å²) in [7, 11) is 0. The first-order chi connectivity index (χ1) is 9.47. The highest BCUT2D eigenvalue weighted by Gasteiger charge is 2.15. The fraction of sp³-hybridized carbons (Fsp3) is 0. The molecule has 1 heterocycles. The van der Waals surface area contributed by atoms with Gasteiger partial charge in [0.1, 0.15) is 4.34 Å². The fourth-order valence-corrected chi connectivity index (χ4v) is 3.16. The van der Waals surface area contributed by atoms with E-state index < -0.39 is 5.97 Å². The van der Waals surface area contributed by atoms with E-state index in [0.717, 1.165) is 11.3 Å². The number of hydrogen-bond acceptors (Lipinski definition) is 4. The van der Waals surface area contributed by atoms with Crippen LogP contribution >= 0.6 is 57.7 Å². The monoisotopic (exact) mass is 367 g/mol. The van der Waals surface area contributed by atoms with Crippen molar-refractivity contribution in [1.82, 2.24) is 0 Å². The molecule has 1 aromatic heterocycles. The lowest BCUT2D eigenvalue weighted by molar-refractivity contribution is 0.0520. The molecule has 0 aliphatic heterocycles. The SMILES string of the molecule is O=C(ON=Cc1ccc(Cl)cc1Cl)c1cc(Cl)sc1Cl. The minimum atomic E-state index is -0.695. The van der Waals surface area contributed by atoms with E-state index in [4.69, 9.17) is 51.2 Å². The number of oxime groups is 1. The first kappa shape index (κ1) is 15.6. The Labute approximate surface area is 138 Å². The van der Waals surface area contributed by atoms with Gasteiger partial charge in [-0.25, -0.2) is 4.79 Å². The second-order valence-corrected chi connectivity index (χ2v) is 6.65. The van der Waals surface area contributed by atoms with Crippen LogP contribution in [0.5, 0.6) is 0 Å². The molecule has 0 aliphatic carbocycles. The summed E-state index contributed by atoms with van der Waals surface area (Å²) in [5.41, 5.74) is 0.735. The molecular weight excluding hydrogens is 364 g/mol. The van der Waals surface area contributed by atoms with Gasteiger partial charge in [-0.3, -0.25) is 0 Å². The van der Waals surface area contributed by atoms with E-state index in [1.807, 2.05) is 0 Å². The van der Waals surface area contributed by atoms with Crippen LogP contribution in [-0.2, 0) is 4.84 Å². The van der Waals surface area contributed by atoms with Crippen molar-refractivity contribution in [2.24, 2.45) is 5.16 Å². The maximum Gasteiger partial charge on any atom is 0.368 e. The van der Waals surface area contributed by atoms with E-state index in [1.165, 1.54) is 12.3 Å². The Hall–Kier alpha value is -0.780. The van der Waals surface area contributed by atoms with Crippen LogP contribution in [0.2, 0.25) is 18.7 Å². The summed E-state index contributed by atoms with van der Waals surface area (Å²) in [6.07, 6.45) is 1.30. The van der Waals surface area contributed by atoms with Crippen molar-refractivity contribution in [2.45, 2.75) is 0 Å². The van der Waals surface area contributed by atoms with Gasteiger partial charge in [0, 0.05) is 10.6 Å². The summed E-state index contributed by atoms with van der Waals surface area (Å²) in [6, 6.07) is 6.27. The normalized spacial score (nSPS) is 11.0. The van der Waals surface area contributed by atoms with Gasteiger partial charge >= 0.3 is 5.97 Å². The van der Waals surface area contributed by atoms with Gasteiger partial charge in [-0.05, 0) is 18.2 Å². The van der Waals surface area contributed by atoms with Gasteiger partial charge < -0.3 is 4.84 Å². The van der Waals surface area contributed by atoms with E-state index in [9.17, 15) is 4.79 Å². The van der Waals surface area contributed by atoms with Crippen molar-refractivity contribution in [3.63, 3.8) is 0 Å². The average molecular weight is 369 g/mol. The summed E-state index contributed by atoms with van der Waals surface area (Å²) in [5.74, 6) is -0.695. The number of halogens is 4. The molecule has 0 aliphatic rings. The Kier molecular flexibility index (Phi) is 5.29. The number of nitrogens with zero attached hydrogens (tertiary/aromatic N) is 1. The maximum absolute atomic E-state index is 11.7. The van der Waals surface area contributed by atoms with Gasteiger partial charge in [0.2, 0.25) is 0 Å². The maximum atomic E-state index is 11.7. The molecule has 0 fully saturated rings. The lowest BCUT2D eigenvalue weighted by Gasteiger charge is -1.98. The molecule has 0 radical (unpaired) electrons. The number of thiophene rings is 1. The molecule has 0 saturated heterocycles. The third-order valence-electron chi connectivity index (χ3n) is 2.17. The van der Waals surface area contributed by atoms with Crippen molar-refractivity contribution < 1.29 is 9.63 Å². The van der Waals surface area contributed by atoms with Gasteiger partial charge in [0.05, 0.1) is 21.1 Å². The van der Waals surface area contributed by atoms with Crippen LogP contribution in [0.3, 0.4) is 0 Å². The minimum absolute atomic E-state index is 0.168. The molecule has 0 atom stereocenters.